The minimum atomic E-state index is -1.19. The number of carbonyl (C=O) groups is 6. The predicted molar refractivity (Wildman–Crippen MR) is 190 cm³/mol. The normalized spacial score (nSPS) is 23.2. The highest BCUT2D eigenvalue weighted by Gasteiger charge is 2.70. The fourth-order valence-electron chi connectivity index (χ4n) is 7.84. The second-order valence-electron chi connectivity index (χ2n) is 16.1. The Morgan fingerprint density at radius 1 is 1.06 bits per heavy atom. The van der Waals surface area contributed by atoms with E-state index in [4.69, 9.17) is 6.42 Å². The first-order chi connectivity index (χ1) is 24.0. The van der Waals surface area contributed by atoms with Gasteiger partial charge in [0.25, 0.3) is 11.8 Å². The van der Waals surface area contributed by atoms with Crippen LogP contribution in [0.25, 0.3) is 0 Å². The predicted octanol–water partition coefficient (Wildman–Crippen LogP) is 2.33. The number of nitrogens with zero attached hydrogens (tertiary/aromatic N) is 3. The van der Waals surface area contributed by atoms with Crippen LogP contribution in [0.3, 0.4) is 0 Å². The average Bonchev–Trinajstić information content (AvgIpc) is 3.39. The minimum Gasteiger partial charge on any atom is -0.346 e. The number of nitrogens with one attached hydrogen (secondary N) is 4. The van der Waals surface area contributed by atoms with Crippen LogP contribution in [0.5, 0.6) is 0 Å². The molecule has 2 heterocycles. The molecule has 3 aliphatic rings. The van der Waals surface area contributed by atoms with Crippen molar-refractivity contribution in [3.05, 3.63) is 36.9 Å². The van der Waals surface area contributed by atoms with Crippen LogP contribution in [-0.2, 0) is 24.0 Å². The number of rotatable bonds is 14. The van der Waals surface area contributed by atoms with Crippen LogP contribution in [0.4, 0.5) is 0 Å². The number of ketones is 1. The van der Waals surface area contributed by atoms with E-state index in [1.807, 2.05) is 41.5 Å². The molecule has 0 aromatic carbocycles. The highest BCUT2D eigenvalue weighted by atomic mass is 16.2. The Morgan fingerprint density at radius 3 is 2.33 bits per heavy atom. The number of hydrogen-bond donors (Lipinski definition) is 4. The first-order valence-corrected chi connectivity index (χ1v) is 17.8. The van der Waals surface area contributed by atoms with Gasteiger partial charge in [-0.2, -0.15) is 0 Å². The zero-order valence-corrected chi connectivity index (χ0v) is 30.7. The van der Waals surface area contributed by atoms with Gasteiger partial charge in [-0.3, -0.25) is 33.8 Å². The summed E-state index contributed by atoms with van der Waals surface area (Å²) in [4.78, 5) is 91.6. The molecule has 2 aliphatic carbocycles. The molecule has 2 saturated carbocycles. The molecule has 1 aromatic rings. The van der Waals surface area contributed by atoms with E-state index in [2.05, 4.69) is 43.7 Å². The van der Waals surface area contributed by atoms with E-state index in [1.54, 1.807) is 0 Å². The van der Waals surface area contributed by atoms with Gasteiger partial charge in [-0.15, -0.1) is 18.9 Å². The summed E-state index contributed by atoms with van der Waals surface area (Å²) in [6.45, 7) is 15.4. The zero-order valence-electron chi connectivity index (χ0n) is 30.7. The van der Waals surface area contributed by atoms with E-state index >= 15 is 0 Å². The molecule has 0 spiro atoms. The molecule has 5 amide bonds. The maximum Gasteiger partial charge on any atom is 0.289 e. The van der Waals surface area contributed by atoms with Gasteiger partial charge in [0.1, 0.15) is 23.8 Å². The topological polar surface area (TPSA) is 180 Å². The van der Waals surface area contributed by atoms with Crippen LogP contribution in [0.15, 0.2) is 31.2 Å². The van der Waals surface area contributed by atoms with Crippen LogP contribution in [0.1, 0.15) is 97.0 Å². The maximum absolute atomic E-state index is 14.6. The summed E-state index contributed by atoms with van der Waals surface area (Å²) < 4.78 is 0. The maximum atomic E-state index is 14.6. The molecule has 1 saturated heterocycles. The van der Waals surface area contributed by atoms with Crippen molar-refractivity contribution in [1.82, 2.24) is 36.1 Å². The summed E-state index contributed by atoms with van der Waals surface area (Å²) in [6.07, 6.45) is 15.5. The third-order valence-corrected chi connectivity index (χ3v) is 11.0. The molecule has 51 heavy (non-hydrogen) atoms. The zero-order chi connectivity index (χ0) is 37.7. The monoisotopic (exact) mass is 703 g/mol. The van der Waals surface area contributed by atoms with E-state index in [-0.39, 0.29) is 48.9 Å². The number of carbonyl (C=O) groups excluding carboxylic acids is 6. The van der Waals surface area contributed by atoms with E-state index in [0.717, 1.165) is 19.3 Å². The van der Waals surface area contributed by atoms with E-state index < -0.39 is 70.3 Å². The van der Waals surface area contributed by atoms with Gasteiger partial charge in [-0.1, -0.05) is 66.9 Å². The van der Waals surface area contributed by atoms with E-state index in [1.165, 1.54) is 29.6 Å². The molecule has 4 N–H and O–H groups in total. The molecule has 0 bridgehead atoms. The molecule has 4 rings (SSSR count). The Labute approximate surface area is 300 Å². The van der Waals surface area contributed by atoms with Gasteiger partial charge in [0.05, 0.1) is 12.2 Å². The van der Waals surface area contributed by atoms with Gasteiger partial charge in [-0.25, -0.2) is 4.98 Å². The van der Waals surface area contributed by atoms with Crippen molar-refractivity contribution in [2.24, 2.45) is 28.1 Å². The Balaban J connectivity index is 1.61. The van der Waals surface area contributed by atoms with Crippen LogP contribution in [0, 0.1) is 40.4 Å². The lowest BCUT2D eigenvalue weighted by molar-refractivity contribution is -0.147. The minimum absolute atomic E-state index is 0.0180. The number of aromatic nitrogens is 2. The van der Waals surface area contributed by atoms with Crippen molar-refractivity contribution in [2.45, 2.75) is 111 Å². The van der Waals surface area contributed by atoms with Crippen molar-refractivity contribution in [1.29, 1.82) is 0 Å². The number of terminal acetylenes is 1. The molecule has 1 aliphatic heterocycles. The van der Waals surface area contributed by atoms with Crippen molar-refractivity contribution in [3.63, 3.8) is 0 Å². The standard InChI is InChI=1S/C38H53N7O6/c1-9-11-15-24(28(46)33(49)41-18-10-2)42-32(48)27-26-23(37(26,6)7)22-45(27)35(51)30(36(3,4)5)44-34(50)29(38(8)16-13-12-14-17-38)43-31(47)25-21-39-19-20-40-25/h1,10,19-21,23-24,26-27,29-30H,2,11-18,22H2,3-8H3,(H,41,49)(H,42,48)(H,43,47)(H,44,50)/t23-,24?,26-,27-,29+,30+/m0/s1. The van der Waals surface area contributed by atoms with Gasteiger partial charge in [0, 0.05) is 31.9 Å². The van der Waals surface area contributed by atoms with E-state index in [9.17, 15) is 28.8 Å². The Hall–Kier alpha value is -4.60. The van der Waals surface area contributed by atoms with Gasteiger partial charge in [-0.05, 0) is 47.3 Å². The Bertz CT molecular complexity index is 1560. The summed E-state index contributed by atoms with van der Waals surface area (Å²) >= 11 is 0. The SMILES string of the molecule is C#CCCC(NC(=O)[C@@H]1[C@@H]2[C@H](CN1C(=O)[C@@H](NC(=O)[C@@H](NC(=O)c1cnccn1)C1(C)CCCCC1)C(C)(C)C)C2(C)C)C(=O)C(=O)NCC=C. The molecular formula is C38H53N7O6. The molecule has 3 fully saturated rings. The van der Waals surface area contributed by atoms with Crippen LogP contribution >= 0.6 is 0 Å². The van der Waals surface area contributed by atoms with Gasteiger partial charge >= 0.3 is 0 Å². The number of fused-ring (bicyclic) bond motifs is 1. The van der Waals surface area contributed by atoms with Crippen molar-refractivity contribution in [2.75, 3.05) is 13.1 Å². The third kappa shape index (κ3) is 8.65. The highest BCUT2D eigenvalue weighted by molar-refractivity contribution is 6.38. The highest BCUT2D eigenvalue weighted by Crippen LogP contribution is 2.65. The molecule has 13 nitrogen and oxygen atoms in total. The fraction of sp³-hybridized carbons (Fsp3) is 0.632. The molecule has 1 aromatic heterocycles. The summed E-state index contributed by atoms with van der Waals surface area (Å²) in [6, 6.07) is -4.17. The molecule has 276 valence electrons. The Morgan fingerprint density at radius 2 is 1.75 bits per heavy atom. The average molecular weight is 704 g/mol. The summed E-state index contributed by atoms with van der Waals surface area (Å²) in [5.41, 5.74) is -1.55. The first-order valence-electron chi connectivity index (χ1n) is 17.8. The van der Waals surface area contributed by atoms with Crippen molar-refractivity contribution in [3.8, 4) is 12.3 Å². The molecule has 0 radical (unpaired) electrons. The van der Waals surface area contributed by atoms with Crippen LogP contribution < -0.4 is 21.3 Å². The second kappa shape index (κ2) is 15.7. The lowest BCUT2D eigenvalue weighted by Crippen LogP contribution is -2.64. The molecular weight excluding hydrogens is 650 g/mol. The number of Topliss-reactive ketones (excluding diaryl/α,β-unsaturated/α-hetero) is 1. The van der Waals surface area contributed by atoms with E-state index in [0.29, 0.717) is 12.8 Å². The molecule has 6 atom stereocenters. The quantitative estimate of drug-likeness (QED) is 0.130. The van der Waals surface area contributed by atoms with Gasteiger partial charge < -0.3 is 26.2 Å². The number of hydrogen-bond acceptors (Lipinski definition) is 8. The summed E-state index contributed by atoms with van der Waals surface area (Å²) in [7, 11) is 0. The lowest BCUT2D eigenvalue weighted by Gasteiger charge is -2.42. The van der Waals surface area contributed by atoms with Crippen molar-refractivity contribution >= 4 is 35.3 Å². The number of likely N-dealkylation sites (tertiary alicyclic amines) is 1. The van der Waals surface area contributed by atoms with Crippen LogP contribution in [-0.4, -0.2) is 87.4 Å². The molecule has 13 heteroatoms. The van der Waals surface area contributed by atoms with Crippen molar-refractivity contribution < 1.29 is 28.8 Å². The largest absolute Gasteiger partial charge is 0.346 e. The summed E-state index contributed by atoms with van der Waals surface area (Å²) in [5.74, 6) is -1.48. The van der Waals surface area contributed by atoms with Crippen LogP contribution in [0.2, 0.25) is 0 Å². The van der Waals surface area contributed by atoms with Gasteiger partial charge in [0.2, 0.25) is 23.5 Å². The third-order valence-electron chi connectivity index (χ3n) is 11.0. The smallest absolute Gasteiger partial charge is 0.289 e. The fourth-order valence-corrected chi connectivity index (χ4v) is 7.84. The lowest BCUT2D eigenvalue weighted by atomic mass is 9.70. The van der Waals surface area contributed by atoms with Gasteiger partial charge in [0.15, 0.2) is 0 Å². The molecule has 1 unspecified atom stereocenters. The summed E-state index contributed by atoms with van der Waals surface area (Å²) in [5, 5.41) is 11.1. The number of piperidine rings is 1. The first kappa shape index (κ1) is 39.2. The number of amides is 5. The Kier molecular flexibility index (Phi) is 12.1. The second-order valence-corrected chi connectivity index (χ2v) is 16.1.